The zero-order chi connectivity index (χ0) is 22.5. The van der Waals surface area contributed by atoms with E-state index in [9.17, 15) is 4.79 Å². The number of rotatable bonds is 9. The quantitative estimate of drug-likeness (QED) is 0.254. The fraction of sp³-hybridized carbons (Fsp3) is 0.321. The maximum Gasteiger partial charge on any atom is 0.312 e. The summed E-state index contributed by atoms with van der Waals surface area (Å²) in [4.78, 5) is 12.5. The van der Waals surface area contributed by atoms with Crippen molar-refractivity contribution in [2.45, 2.75) is 34.1 Å². The van der Waals surface area contributed by atoms with Gasteiger partial charge in [-0.1, -0.05) is 93.3 Å². The van der Waals surface area contributed by atoms with Gasteiger partial charge in [-0.2, -0.15) is 0 Å². The highest BCUT2D eigenvalue weighted by Gasteiger charge is 2.63. The van der Waals surface area contributed by atoms with Gasteiger partial charge in [-0.05, 0) is 36.8 Å². The van der Waals surface area contributed by atoms with Crippen LogP contribution in [0.4, 0.5) is 0 Å². The molecule has 0 aliphatic heterocycles. The molecule has 1 unspecified atom stereocenters. The number of allylic oxidation sites excluding steroid dienone is 5. The van der Waals surface area contributed by atoms with Crippen LogP contribution in [-0.2, 0) is 9.53 Å². The van der Waals surface area contributed by atoms with Gasteiger partial charge in [0.15, 0.2) is 0 Å². The third kappa shape index (κ3) is 4.82. The summed E-state index contributed by atoms with van der Waals surface area (Å²) in [6.07, 6.45) is 8.59. The summed E-state index contributed by atoms with van der Waals surface area (Å²) in [6, 6.07) is 16.3. The van der Waals surface area contributed by atoms with Crippen molar-refractivity contribution in [2.75, 3.05) is 13.2 Å². The number of para-hydroxylation sites is 1. The Morgan fingerprint density at radius 2 is 1.77 bits per heavy atom. The van der Waals surface area contributed by atoms with Gasteiger partial charge < -0.3 is 9.47 Å². The molecule has 1 atom stereocenters. The Bertz CT molecular complexity index is 998. The number of hydrogen-bond donors (Lipinski definition) is 0. The Hall–Kier alpha value is -3.07. The highest BCUT2D eigenvalue weighted by molar-refractivity contribution is 5.84. The lowest BCUT2D eigenvalue weighted by molar-refractivity contribution is -0.151. The van der Waals surface area contributed by atoms with Crippen molar-refractivity contribution in [1.82, 2.24) is 0 Å². The molecule has 0 heterocycles. The number of ether oxygens (including phenoxy) is 2. The monoisotopic (exact) mass is 416 g/mol. The summed E-state index contributed by atoms with van der Waals surface area (Å²) in [6.45, 7) is 12.5. The molecule has 0 amide bonds. The van der Waals surface area contributed by atoms with Crippen molar-refractivity contribution in [3.05, 3.63) is 85.0 Å². The smallest absolute Gasteiger partial charge is 0.312 e. The first-order chi connectivity index (χ1) is 14.8. The zero-order valence-electron chi connectivity index (χ0n) is 19.0. The average Bonchev–Trinajstić information content (AvgIpc) is 3.31. The van der Waals surface area contributed by atoms with E-state index in [0.29, 0.717) is 6.61 Å². The third-order valence-electron chi connectivity index (χ3n) is 6.31. The maximum absolute atomic E-state index is 12.5. The number of hydrogen-bond acceptors (Lipinski definition) is 3. The van der Waals surface area contributed by atoms with Crippen molar-refractivity contribution in [3.63, 3.8) is 0 Å². The molecule has 3 nitrogen and oxygen atoms in total. The third-order valence-corrected chi connectivity index (χ3v) is 6.31. The van der Waals surface area contributed by atoms with E-state index in [0.717, 1.165) is 34.4 Å². The predicted octanol–water partition coefficient (Wildman–Crippen LogP) is 6.86. The Labute approximate surface area is 186 Å². The Morgan fingerprint density at radius 3 is 2.39 bits per heavy atom. The van der Waals surface area contributed by atoms with Crippen LogP contribution in [0.5, 0.6) is 5.75 Å². The molecule has 0 bridgehead atoms. The van der Waals surface area contributed by atoms with Gasteiger partial charge in [0.05, 0.1) is 5.41 Å². The van der Waals surface area contributed by atoms with Gasteiger partial charge in [0.25, 0.3) is 0 Å². The highest BCUT2D eigenvalue weighted by Crippen LogP contribution is 2.63. The molecule has 2 aromatic carbocycles. The van der Waals surface area contributed by atoms with Crippen molar-refractivity contribution in [1.29, 1.82) is 0 Å². The molecule has 1 fully saturated rings. The molecular weight excluding hydrogens is 384 g/mol. The molecule has 0 spiro atoms. The molecule has 2 aromatic rings. The molecule has 0 aromatic heterocycles. The average molecular weight is 417 g/mol. The van der Waals surface area contributed by atoms with Crippen LogP contribution >= 0.6 is 0 Å². The molecule has 1 aliphatic carbocycles. The van der Waals surface area contributed by atoms with Crippen LogP contribution in [-0.4, -0.2) is 19.2 Å². The van der Waals surface area contributed by atoms with Crippen LogP contribution in [0.1, 0.15) is 39.7 Å². The lowest BCUT2D eigenvalue weighted by atomic mass is 9.96. The molecule has 3 rings (SSSR count). The molecule has 162 valence electrons. The minimum atomic E-state index is -0.381. The molecular formula is C28H32O3. The summed E-state index contributed by atoms with van der Waals surface area (Å²) in [5.41, 5.74) is 3.74. The molecule has 1 saturated carbocycles. The van der Waals surface area contributed by atoms with Crippen molar-refractivity contribution < 1.29 is 14.3 Å². The van der Waals surface area contributed by atoms with Gasteiger partial charge in [-0.15, -0.1) is 0 Å². The van der Waals surface area contributed by atoms with Crippen LogP contribution < -0.4 is 4.74 Å². The van der Waals surface area contributed by atoms with E-state index in [1.54, 1.807) is 6.08 Å². The van der Waals surface area contributed by atoms with Gasteiger partial charge in [0.1, 0.15) is 19.0 Å². The standard InChI is InChI=1S/C28H32O3/c1-6-8-13-21(7-2)23-16-12-17-24(22-14-10-9-11-15-22)25(23)30-18-19-31-26(29)28(5)20-27(28,3)4/h6-17H,1,18-20H2,2-5H3/b13-8-,21-7+. The highest BCUT2D eigenvalue weighted by atomic mass is 16.6. The predicted molar refractivity (Wildman–Crippen MR) is 128 cm³/mol. The van der Waals surface area contributed by atoms with Gasteiger partial charge in [-0.3, -0.25) is 4.79 Å². The fourth-order valence-electron chi connectivity index (χ4n) is 3.90. The van der Waals surface area contributed by atoms with Gasteiger partial charge in [-0.25, -0.2) is 0 Å². The van der Waals surface area contributed by atoms with E-state index >= 15 is 0 Å². The van der Waals surface area contributed by atoms with Crippen LogP contribution in [0.25, 0.3) is 16.7 Å². The normalized spacial score (nSPS) is 19.8. The summed E-state index contributed by atoms with van der Waals surface area (Å²) in [5.74, 6) is 0.644. The first kappa shape index (κ1) is 22.6. The van der Waals surface area contributed by atoms with E-state index in [1.807, 2.05) is 62.4 Å². The van der Waals surface area contributed by atoms with Gasteiger partial charge in [0, 0.05) is 11.1 Å². The second-order valence-corrected chi connectivity index (χ2v) is 8.76. The Morgan fingerprint density at radius 1 is 1.06 bits per heavy atom. The number of benzene rings is 2. The van der Waals surface area contributed by atoms with E-state index in [-0.39, 0.29) is 23.4 Å². The van der Waals surface area contributed by atoms with Crippen molar-refractivity contribution in [3.8, 4) is 16.9 Å². The maximum atomic E-state index is 12.5. The van der Waals surface area contributed by atoms with Crippen molar-refractivity contribution >= 4 is 11.5 Å². The lowest BCUT2D eigenvalue weighted by Gasteiger charge is -2.18. The number of carbonyl (C=O) groups excluding carboxylic acids is 1. The van der Waals surface area contributed by atoms with E-state index in [1.165, 1.54) is 0 Å². The minimum absolute atomic E-state index is 0.0102. The lowest BCUT2D eigenvalue weighted by Crippen LogP contribution is -2.23. The first-order valence-electron chi connectivity index (χ1n) is 10.8. The van der Waals surface area contributed by atoms with E-state index in [4.69, 9.17) is 9.47 Å². The number of carbonyl (C=O) groups is 1. The molecule has 0 radical (unpaired) electrons. The Kier molecular flexibility index (Phi) is 6.84. The second kappa shape index (κ2) is 9.38. The topological polar surface area (TPSA) is 35.5 Å². The molecule has 31 heavy (non-hydrogen) atoms. The van der Waals surface area contributed by atoms with Crippen LogP contribution in [0.15, 0.2) is 79.4 Å². The largest absolute Gasteiger partial charge is 0.489 e. The van der Waals surface area contributed by atoms with Crippen LogP contribution in [0.2, 0.25) is 0 Å². The SMILES string of the molecule is C=C/C=C\C(=C/C)c1cccc(-c2ccccc2)c1OCCOC(=O)C1(C)CC1(C)C. The molecule has 0 saturated heterocycles. The molecule has 0 N–H and O–H groups in total. The van der Waals surface area contributed by atoms with Gasteiger partial charge in [0.2, 0.25) is 0 Å². The zero-order valence-corrected chi connectivity index (χ0v) is 19.0. The summed E-state index contributed by atoms with van der Waals surface area (Å²) >= 11 is 0. The first-order valence-corrected chi connectivity index (χ1v) is 10.8. The summed E-state index contributed by atoms with van der Waals surface area (Å²) in [5, 5.41) is 0. The molecule has 1 aliphatic rings. The summed E-state index contributed by atoms with van der Waals surface area (Å²) in [7, 11) is 0. The van der Waals surface area contributed by atoms with E-state index < -0.39 is 0 Å². The van der Waals surface area contributed by atoms with Crippen LogP contribution in [0.3, 0.4) is 0 Å². The van der Waals surface area contributed by atoms with Gasteiger partial charge >= 0.3 is 5.97 Å². The van der Waals surface area contributed by atoms with Crippen molar-refractivity contribution in [2.24, 2.45) is 10.8 Å². The fourth-order valence-corrected chi connectivity index (χ4v) is 3.90. The Balaban J connectivity index is 1.82. The molecule has 3 heteroatoms. The van der Waals surface area contributed by atoms with Crippen LogP contribution in [0, 0.1) is 10.8 Å². The second-order valence-electron chi connectivity index (χ2n) is 8.76. The van der Waals surface area contributed by atoms with E-state index in [2.05, 4.69) is 38.6 Å². The summed E-state index contributed by atoms with van der Waals surface area (Å²) < 4.78 is 11.8. The number of esters is 1. The minimum Gasteiger partial charge on any atom is -0.489 e.